The molecular formula is C22H28N4O3. The summed E-state index contributed by atoms with van der Waals surface area (Å²) in [6.45, 7) is 6.86. The molecule has 0 atom stereocenters. The first-order chi connectivity index (χ1) is 14.2. The summed E-state index contributed by atoms with van der Waals surface area (Å²) in [5, 5.41) is 6.31. The van der Waals surface area contributed by atoms with Gasteiger partial charge in [-0.15, -0.1) is 0 Å². The van der Waals surface area contributed by atoms with E-state index in [1.165, 1.54) is 0 Å². The summed E-state index contributed by atoms with van der Waals surface area (Å²) < 4.78 is 10.7. The van der Waals surface area contributed by atoms with E-state index < -0.39 is 0 Å². The number of benzene rings is 2. The van der Waals surface area contributed by atoms with Gasteiger partial charge in [-0.25, -0.2) is 4.99 Å². The van der Waals surface area contributed by atoms with E-state index >= 15 is 0 Å². The lowest BCUT2D eigenvalue weighted by Gasteiger charge is -2.22. The number of nitrogens with one attached hydrogen (secondary N) is 2. The molecular weight excluding hydrogens is 368 g/mol. The van der Waals surface area contributed by atoms with Crippen LogP contribution in [0.5, 0.6) is 11.5 Å². The third kappa shape index (κ3) is 5.88. The second-order valence-electron chi connectivity index (χ2n) is 6.63. The smallest absolute Gasteiger partial charge is 0.242 e. The highest BCUT2D eigenvalue weighted by molar-refractivity contribution is 5.86. The molecule has 3 rings (SSSR count). The van der Waals surface area contributed by atoms with E-state index in [1.54, 1.807) is 0 Å². The number of carbonyl (C=O) groups is 1. The normalized spacial score (nSPS) is 12.6. The van der Waals surface area contributed by atoms with E-state index in [9.17, 15) is 4.79 Å². The topological polar surface area (TPSA) is 75.2 Å². The highest BCUT2D eigenvalue weighted by Crippen LogP contribution is 2.32. The van der Waals surface area contributed by atoms with Crippen LogP contribution in [0.25, 0.3) is 0 Å². The molecule has 1 heterocycles. The number of amides is 1. The van der Waals surface area contributed by atoms with Crippen LogP contribution >= 0.6 is 0 Å². The average Bonchev–Trinajstić information content (AvgIpc) is 3.22. The maximum Gasteiger partial charge on any atom is 0.242 e. The molecule has 2 N–H and O–H groups in total. The Hall–Kier alpha value is -3.22. The number of nitrogens with zero attached hydrogens (tertiary/aromatic N) is 2. The van der Waals surface area contributed by atoms with E-state index in [0.29, 0.717) is 32.1 Å². The zero-order valence-corrected chi connectivity index (χ0v) is 17.0. The molecule has 0 aliphatic carbocycles. The lowest BCUT2D eigenvalue weighted by Crippen LogP contribution is -2.44. The molecule has 2 aromatic rings. The Bertz CT molecular complexity index is 839. The van der Waals surface area contributed by atoms with E-state index in [2.05, 4.69) is 15.6 Å². The Kier molecular flexibility index (Phi) is 7.33. The minimum Gasteiger partial charge on any atom is -0.454 e. The van der Waals surface area contributed by atoms with Crippen molar-refractivity contribution in [2.75, 3.05) is 26.4 Å². The van der Waals surface area contributed by atoms with Crippen molar-refractivity contribution in [2.45, 2.75) is 26.9 Å². The number of hydrogen-bond acceptors (Lipinski definition) is 4. The van der Waals surface area contributed by atoms with Gasteiger partial charge < -0.3 is 25.0 Å². The first-order valence-corrected chi connectivity index (χ1v) is 9.92. The van der Waals surface area contributed by atoms with Crippen molar-refractivity contribution < 1.29 is 14.3 Å². The van der Waals surface area contributed by atoms with Gasteiger partial charge in [0.2, 0.25) is 12.7 Å². The highest BCUT2D eigenvalue weighted by atomic mass is 16.7. The molecule has 7 heteroatoms. The molecule has 0 saturated carbocycles. The van der Waals surface area contributed by atoms with Crippen LogP contribution in [0.1, 0.15) is 25.0 Å². The monoisotopic (exact) mass is 396 g/mol. The van der Waals surface area contributed by atoms with Gasteiger partial charge in [0.15, 0.2) is 17.5 Å². The number of rotatable bonds is 8. The number of likely N-dealkylation sites (N-methyl/N-ethyl adjacent to an activating group) is 1. The predicted molar refractivity (Wildman–Crippen MR) is 113 cm³/mol. The molecule has 0 spiro atoms. The number of hydrogen-bond donors (Lipinski definition) is 2. The van der Waals surface area contributed by atoms with E-state index in [0.717, 1.165) is 22.6 Å². The molecule has 0 aromatic heterocycles. The summed E-state index contributed by atoms with van der Waals surface area (Å²) in [5.74, 6) is 2.14. The second-order valence-corrected chi connectivity index (χ2v) is 6.63. The lowest BCUT2D eigenvalue weighted by molar-refractivity contribution is -0.130. The van der Waals surface area contributed by atoms with Crippen LogP contribution in [0.2, 0.25) is 0 Å². The van der Waals surface area contributed by atoms with Crippen LogP contribution in [0.3, 0.4) is 0 Å². The molecule has 1 amide bonds. The summed E-state index contributed by atoms with van der Waals surface area (Å²) in [6, 6.07) is 15.8. The van der Waals surface area contributed by atoms with Crippen molar-refractivity contribution in [1.82, 2.24) is 15.5 Å². The van der Waals surface area contributed by atoms with Gasteiger partial charge in [-0.1, -0.05) is 36.4 Å². The lowest BCUT2D eigenvalue weighted by atomic mass is 10.2. The fraction of sp³-hybridized carbons (Fsp3) is 0.364. The fourth-order valence-electron chi connectivity index (χ4n) is 3.00. The van der Waals surface area contributed by atoms with Crippen LogP contribution in [0.4, 0.5) is 0 Å². The SMILES string of the molecule is CCNC(=NCc1ccc2c(c1)OCO2)NCC(=O)N(CC)Cc1ccccc1. The van der Waals surface area contributed by atoms with E-state index in [-0.39, 0.29) is 19.2 Å². The maximum absolute atomic E-state index is 12.6. The van der Waals surface area contributed by atoms with Crippen LogP contribution in [-0.2, 0) is 17.9 Å². The number of ether oxygens (including phenoxy) is 2. The van der Waals surface area contributed by atoms with E-state index in [4.69, 9.17) is 9.47 Å². The predicted octanol–water partition coefficient (Wildman–Crippen LogP) is 2.52. The van der Waals surface area contributed by atoms with Gasteiger partial charge in [-0.2, -0.15) is 0 Å². The average molecular weight is 396 g/mol. The Balaban J connectivity index is 1.56. The minimum absolute atomic E-state index is 0.0324. The Morgan fingerprint density at radius 1 is 1.03 bits per heavy atom. The van der Waals surface area contributed by atoms with Gasteiger partial charge in [0.25, 0.3) is 0 Å². The standard InChI is InChI=1S/C22H28N4O3/c1-3-23-22(24-13-18-10-11-19-20(12-18)29-16-28-19)25-14-21(27)26(4-2)15-17-8-6-5-7-9-17/h5-12H,3-4,13-16H2,1-2H3,(H2,23,24,25). The molecule has 1 aliphatic heterocycles. The van der Waals surface area contributed by atoms with Gasteiger partial charge in [0.1, 0.15) is 0 Å². The van der Waals surface area contributed by atoms with Crippen molar-refractivity contribution in [2.24, 2.45) is 4.99 Å². The quantitative estimate of drug-likeness (QED) is 0.530. The maximum atomic E-state index is 12.6. The van der Waals surface area contributed by atoms with Crippen molar-refractivity contribution in [3.63, 3.8) is 0 Å². The molecule has 2 aromatic carbocycles. The summed E-state index contributed by atoms with van der Waals surface area (Å²) in [5.41, 5.74) is 2.13. The summed E-state index contributed by atoms with van der Waals surface area (Å²) in [6.07, 6.45) is 0. The molecule has 0 bridgehead atoms. The Morgan fingerprint density at radius 3 is 2.59 bits per heavy atom. The first kappa shape index (κ1) is 20.5. The van der Waals surface area contributed by atoms with Crippen molar-refractivity contribution in [3.8, 4) is 11.5 Å². The van der Waals surface area contributed by atoms with Gasteiger partial charge in [-0.3, -0.25) is 4.79 Å². The van der Waals surface area contributed by atoms with E-state index in [1.807, 2.05) is 67.3 Å². The summed E-state index contributed by atoms with van der Waals surface area (Å²) in [4.78, 5) is 19.0. The van der Waals surface area contributed by atoms with Gasteiger partial charge in [0, 0.05) is 19.6 Å². The molecule has 29 heavy (non-hydrogen) atoms. The van der Waals surface area contributed by atoms with Gasteiger partial charge in [-0.05, 0) is 37.1 Å². The number of aliphatic imine (C=N–C) groups is 1. The molecule has 0 unspecified atom stereocenters. The third-order valence-electron chi connectivity index (χ3n) is 4.56. The molecule has 0 radical (unpaired) electrons. The van der Waals surface area contributed by atoms with Crippen molar-refractivity contribution >= 4 is 11.9 Å². The number of guanidine groups is 1. The second kappa shape index (κ2) is 10.4. The highest BCUT2D eigenvalue weighted by Gasteiger charge is 2.14. The first-order valence-electron chi connectivity index (χ1n) is 9.92. The molecule has 0 saturated heterocycles. The van der Waals surface area contributed by atoms with Gasteiger partial charge in [0.05, 0.1) is 13.1 Å². The largest absolute Gasteiger partial charge is 0.454 e. The molecule has 7 nitrogen and oxygen atoms in total. The number of fused-ring (bicyclic) bond motifs is 1. The third-order valence-corrected chi connectivity index (χ3v) is 4.56. The van der Waals surface area contributed by atoms with Crippen LogP contribution in [0.15, 0.2) is 53.5 Å². The summed E-state index contributed by atoms with van der Waals surface area (Å²) >= 11 is 0. The van der Waals surface area contributed by atoms with Crippen molar-refractivity contribution in [3.05, 3.63) is 59.7 Å². The number of carbonyl (C=O) groups excluding carboxylic acids is 1. The van der Waals surface area contributed by atoms with Crippen LogP contribution < -0.4 is 20.1 Å². The zero-order chi connectivity index (χ0) is 20.5. The Labute approximate surface area is 171 Å². The van der Waals surface area contributed by atoms with Crippen LogP contribution in [-0.4, -0.2) is 43.2 Å². The van der Waals surface area contributed by atoms with Crippen molar-refractivity contribution in [1.29, 1.82) is 0 Å². The molecule has 0 fully saturated rings. The molecule has 154 valence electrons. The fourth-order valence-corrected chi connectivity index (χ4v) is 3.00. The van der Waals surface area contributed by atoms with Gasteiger partial charge >= 0.3 is 0 Å². The minimum atomic E-state index is 0.0324. The Morgan fingerprint density at radius 2 is 1.83 bits per heavy atom. The molecule has 1 aliphatic rings. The zero-order valence-electron chi connectivity index (χ0n) is 17.0. The van der Waals surface area contributed by atoms with Crippen LogP contribution in [0, 0.1) is 0 Å². The summed E-state index contributed by atoms with van der Waals surface area (Å²) in [7, 11) is 0.